The predicted octanol–water partition coefficient (Wildman–Crippen LogP) is 3.56. The van der Waals surface area contributed by atoms with E-state index >= 15 is 0 Å². The van der Waals surface area contributed by atoms with E-state index in [9.17, 15) is 26.4 Å². The third-order valence-corrected chi connectivity index (χ3v) is 7.18. The Hall–Kier alpha value is -1.77. The minimum atomic E-state index is -4.43. The minimum absolute atomic E-state index is 0.164. The Bertz CT molecular complexity index is 820. The normalized spacial score (nSPS) is 16.8. The zero-order valence-electron chi connectivity index (χ0n) is 16.5. The number of rotatable bonds is 6. The topological polar surface area (TPSA) is 63.7 Å². The van der Waals surface area contributed by atoms with Gasteiger partial charge in [-0.05, 0) is 43.4 Å². The number of benzene rings is 1. The van der Waals surface area contributed by atoms with Crippen LogP contribution in [0.15, 0.2) is 12.1 Å². The van der Waals surface area contributed by atoms with Crippen LogP contribution < -0.4 is 4.74 Å². The van der Waals surface area contributed by atoms with Crippen LogP contribution in [-0.2, 0) is 21.2 Å². The molecule has 1 amide bonds. The Balaban J connectivity index is 2.20. The Morgan fingerprint density at radius 3 is 2.11 bits per heavy atom. The predicted molar refractivity (Wildman–Crippen MR) is 100.0 cm³/mol. The molecule has 0 bridgehead atoms. The van der Waals surface area contributed by atoms with Gasteiger partial charge in [-0.1, -0.05) is 25.0 Å². The molecule has 0 atom stereocenters. The van der Waals surface area contributed by atoms with E-state index < -0.39 is 33.3 Å². The molecule has 0 saturated heterocycles. The van der Waals surface area contributed by atoms with Crippen LogP contribution in [0, 0.1) is 13.8 Å². The summed E-state index contributed by atoms with van der Waals surface area (Å²) >= 11 is 0. The Kier molecular flexibility index (Phi) is 6.37. The molecule has 2 rings (SSSR count). The molecule has 1 fully saturated rings. The van der Waals surface area contributed by atoms with Gasteiger partial charge in [0.05, 0.1) is 0 Å². The minimum Gasteiger partial charge on any atom is -0.484 e. The first-order chi connectivity index (χ1) is 12.8. The molecule has 1 aliphatic rings. The first-order valence-electron chi connectivity index (χ1n) is 9.02. The lowest BCUT2D eigenvalue weighted by Gasteiger charge is -2.31. The lowest BCUT2D eigenvalue weighted by Crippen LogP contribution is -2.50. The maximum atomic E-state index is 13.0. The zero-order valence-corrected chi connectivity index (χ0v) is 17.3. The van der Waals surface area contributed by atoms with Crippen molar-refractivity contribution in [3.8, 4) is 5.75 Å². The summed E-state index contributed by atoms with van der Waals surface area (Å²) in [6, 6.07) is 3.31. The number of aryl methyl sites for hydroxylation is 2. The number of ether oxygens (including phenoxy) is 1. The molecule has 0 heterocycles. The molecule has 5 nitrogen and oxygen atoms in total. The molecule has 0 spiro atoms. The summed E-state index contributed by atoms with van der Waals surface area (Å²) < 4.78 is 65.4. The molecule has 9 heteroatoms. The molecule has 1 aromatic carbocycles. The summed E-state index contributed by atoms with van der Waals surface area (Å²) in [5.41, 5.74) is 1.75. The first-order valence-corrected chi connectivity index (χ1v) is 10.9. The van der Waals surface area contributed by atoms with Gasteiger partial charge < -0.3 is 9.64 Å². The van der Waals surface area contributed by atoms with E-state index in [2.05, 4.69) is 0 Å². The van der Waals surface area contributed by atoms with Crippen molar-refractivity contribution >= 4 is 15.7 Å². The largest absolute Gasteiger partial charge is 0.484 e. The molecule has 0 aliphatic heterocycles. The molecule has 0 N–H and O–H groups in total. The van der Waals surface area contributed by atoms with Gasteiger partial charge in [-0.15, -0.1) is 0 Å². The second-order valence-corrected chi connectivity index (χ2v) is 9.92. The van der Waals surface area contributed by atoms with Crippen molar-refractivity contribution in [3.63, 3.8) is 0 Å². The number of hydrogen-bond acceptors (Lipinski definition) is 4. The Morgan fingerprint density at radius 2 is 1.68 bits per heavy atom. The SMILES string of the molecule is Cc1cc(CN(C)C(=O)C2(S(C)(=O)=O)CCCC2)cc(C)c1OCC(F)(F)F. The summed E-state index contributed by atoms with van der Waals surface area (Å²) in [7, 11) is -2.01. The molecule has 0 unspecified atom stereocenters. The first kappa shape index (κ1) is 22.5. The number of alkyl halides is 3. The molecular weight excluding hydrogens is 395 g/mol. The fourth-order valence-corrected chi connectivity index (χ4v) is 5.40. The molecule has 1 aromatic rings. The van der Waals surface area contributed by atoms with Crippen LogP contribution >= 0.6 is 0 Å². The van der Waals surface area contributed by atoms with Gasteiger partial charge in [0.1, 0.15) is 5.75 Å². The van der Waals surface area contributed by atoms with Gasteiger partial charge in [0.25, 0.3) is 0 Å². The second kappa shape index (κ2) is 7.93. The summed E-state index contributed by atoms with van der Waals surface area (Å²) in [6.07, 6.45) is -1.31. The van der Waals surface area contributed by atoms with E-state index in [4.69, 9.17) is 4.74 Å². The van der Waals surface area contributed by atoms with Gasteiger partial charge >= 0.3 is 6.18 Å². The zero-order chi connectivity index (χ0) is 21.3. The quantitative estimate of drug-likeness (QED) is 0.705. The van der Waals surface area contributed by atoms with E-state index in [1.54, 1.807) is 33.0 Å². The molecule has 1 saturated carbocycles. The average molecular weight is 421 g/mol. The number of sulfone groups is 1. The number of carbonyl (C=O) groups excluding carboxylic acids is 1. The van der Waals surface area contributed by atoms with Crippen molar-refractivity contribution in [3.05, 3.63) is 28.8 Å². The molecule has 0 radical (unpaired) electrons. The van der Waals surface area contributed by atoms with Gasteiger partial charge in [0, 0.05) is 19.8 Å². The standard InChI is InChI=1S/C19H26F3NO4S/c1-13-9-15(10-14(2)16(13)27-12-19(20,21)22)11-23(3)17(24)18(28(4,25)26)7-5-6-8-18/h9-10H,5-8,11-12H2,1-4H3. The van der Waals surface area contributed by atoms with Crippen molar-refractivity contribution in [2.75, 3.05) is 19.9 Å². The third-order valence-electron chi connectivity index (χ3n) is 5.18. The van der Waals surface area contributed by atoms with Crippen molar-refractivity contribution in [2.45, 2.75) is 57.0 Å². The summed E-state index contributed by atoms with van der Waals surface area (Å²) in [6.45, 7) is 2.07. The van der Waals surface area contributed by atoms with Crippen LogP contribution in [-0.4, -0.2) is 50.1 Å². The monoisotopic (exact) mass is 421 g/mol. The fraction of sp³-hybridized carbons (Fsp3) is 0.632. The van der Waals surface area contributed by atoms with Gasteiger partial charge in [-0.2, -0.15) is 13.2 Å². The van der Waals surface area contributed by atoms with E-state index in [1.807, 2.05) is 0 Å². The average Bonchev–Trinajstić information content (AvgIpc) is 3.02. The summed E-state index contributed by atoms with van der Waals surface area (Å²) in [5, 5.41) is 0. The molecule has 0 aromatic heterocycles. The van der Waals surface area contributed by atoms with Crippen molar-refractivity contribution in [1.29, 1.82) is 0 Å². The Morgan fingerprint density at radius 1 is 1.18 bits per heavy atom. The molecule has 1 aliphatic carbocycles. The van der Waals surface area contributed by atoms with E-state index in [0.29, 0.717) is 42.4 Å². The van der Waals surface area contributed by atoms with Gasteiger partial charge in [0.2, 0.25) is 5.91 Å². The number of nitrogens with zero attached hydrogens (tertiary/aromatic N) is 1. The molecular formula is C19H26F3NO4S. The number of hydrogen-bond donors (Lipinski definition) is 0. The van der Waals surface area contributed by atoms with Crippen LogP contribution in [0.5, 0.6) is 5.75 Å². The highest BCUT2D eigenvalue weighted by Gasteiger charge is 2.51. The number of halogens is 3. The fourth-order valence-electron chi connectivity index (χ4n) is 3.90. The summed E-state index contributed by atoms with van der Waals surface area (Å²) in [4.78, 5) is 14.4. The highest BCUT2D eigenvalue weighted by molar-refractivity contribution is 7.92. The van der Waals surface area contributed by atoms with Crippen LogP contribution in [0.4, 0.5) is 13.2 Å². The van der Waals surface area contributed by atoms with Crippen molar-refractivity contribution in [1.82, 2.24) is 4.90 Å². The lowest BCUT2D eigenvalue weighted by molar-refractivity contribution is -0.153. The summed E-state index contributed by atoms with van der Waals surface area (Å²) in [5.74, 6) is -0.265. The number of amides is 1. The highest BCUT2D eigenvalue weighted by Crippen LogP contribution is 2.38. The molecule has 158 valence electrons. The van der Waals surface area contributed by atoms with Crippen LogP contribution in [0.2, 0.25) is 0 Å². The maximum absolute atomic E-state index is 13.0. The van der Waals surface area contributed by atoms with Gasteiger partial charge in [-0.25, -0.2) is 8.42 Å². The van der Waals surface area contributed by atoms with Crippen molar-refractivity contribution < 1.29 is 31.1 Å². The van der Waals surface area contributed by atoms with E-state index in [-0.39, 0.29) is 12.3 Å². The van der Waals surface area contributed by atoms with E-state index in [1.165, 1.54) is 4.90 Å². The smallest absolute Gasteiger partial charge is 0.422 e. The second-order valence-electron chi connectivity index (χ2n) is 7.60. The lowest BCUT2D eigenvalue weighted by atomic mass is 10.0. The number of carbonyl (C=O) groups is 1. The maximum Gasteiger partial charge on any atom is 0.422 e. The van der Waals surface area contributed by atoms with Gasteiger partial charge in [0.15, 0.2) is 21.2 Å². The third kappa shape index (κ3) is 4.79. The van der Waals surface area contributed by atoms with Crippen molar-refractivity contribution in [2.24, 2.45) is 0 Å². The Labute approximate surface area is 163 Å². The van der Waals surface area contributed by atoms with E-state index in [0.717, 1.165) is 6.26 Å². The molecule has 28 heavy (non-hydrogen) atoms. The van der Waals surface area contributed by atoms with Crippen LogP contribution in [0.3, 0.4) is 0 Å². The van der Waals surface area contributed by atoms with Gasteiger partial charge in [-0.3, -0.25) is 4.79 Å². The van der Waals surface area contributed by atoms with Crippen LogP contribution in [0.25, 0.3) is 0 Å². The highest BCUT2D eigenvalue weighted by atomic mass is 32.2. The van der Waals surface area contributed by atoms with Crippen LogP contribution in [0.1, 0.15) is 42.4 Å².